The predicted octanol–water partition coefficient (Wildman–Crippen LogP) is 2.60. The number of hydrogen-bond donors (Lipinski definition) is 2. The lowest BCUT2D eigenvalue weighted by Crippen LogP contribution is -2.51. The maximum absolute atomic E-state index is 5.95. The van der Waals surface area contributed by atoms with Crippen LogP contribution in [0.3, 0.4) is 0 Å². The summed E-state index contributed by atoms with van der Waals surface area (Å²) < 4.78 is 5.95. The summed E-state index contributed by atoms with van der Waals surface area (Å²) in [7, 11) is 0. The van der Waals surface area contributed by atoms with E-state index in [9.17, 15) is 0 Å². The third-order valence-corrected chi connectivity index (χ3v) is 3.77. The molecular weight excluding hydrogens is 232 g/mol. The summed E-state index contributed by atoms with van der Waals surface area (Å²) in [6, 6.07) is 0.833. The van der Waals surface area contributed by atoms with Gasteiger partial charge in [-0.2, -0.15) is 0 Å². The van der Waals surface area contributed by atoms with Gasteiger partial charge in [0.15, 0.2) is 5.11 Å². The van der Waals surface area contributed by atoms with E-state index in [1.165, 1.54) is 0 Å². The molecule has 4 heteroatoms. The monoisotopic (exact) mass is 258 g/mol. The maximum atomic E-state index is 5.95. The molecule has 1 rings (SSSR count). The van der Waals surface area contributed by atoms with Crippen LogP contribution in [-0.4, -0.2) is 29.4 Å². The van der Waals surface area contributed by atoms with Gasteiger partial charge in [0.25, 0.3) is 0 Å². The van der Waals surface area contributed by atoms with E-state index < -0.39 is 0 Å². The summed E-state index contributed by atoms with van der Waals surface area (Å²) in [4.78, 5) is 0. The Bertz CT molecular complexity index is 252. The lowest BCUT2D eigenvalue weighted by molar-refractivity contribution is -0.0910. The van der Waals surface area contributed by atoms with Crippen LogP contribution in [0.25, 0.3) is 0 Å². The van der Waals surface area contributed by atoms with Crippen molar-refractivity contribution in [3.05, 3.63) is 0 Å². The fourth-order valence-electron chi connectivity index (χ4n) is 2.38. The molecule has 1 atom stereocenters. The third-order valence-electron chi connectivity index (χ3n) is 3.54. The molecule has 0 aromatic rings. The van der Waals surface area contributed by atoms with Crippen LogP contribution in [0.1, 0.15) is 53.4 Å². The SMILES string of the molecule is CCC1(CC)CC(NC(=S)NC(C)C)CCO1. The van der Waals surface area contributed by atoms with Crippen LogP contribution in [0.2, 0.25) is 0 Å². The standard InChI is InChI=1S/C13H26N2OS/c1-5-13(6-2)9-11(7-8-16-13)15-12(17)14-10(3)4/h10-11H,5-9H2,1-4H3,(H2,14,15,17). The van der Waals surface area contributed by atoms with Crippen LogP contribution >= 0.6 is 12.2 Å². The summed E-state index contributed by atoms with van der Waals surface area (Å²) in [5, 5.41) is 7.42. The van der Waals surface area contributed by atoms with Gasteiger partial charge in [0.2, 0.25) is 0 Å². The topological polar surface area (TPSA) is 33.3 Å². The predicted molar refractivity (Wildman–Crippen MR) is 76.3 cm³/mol. The Balaban J connectivity index is 2.47. The van der Waals surface area contributed by atoms with Crippen molar-refractivity contribution < 1.29 is 4.74 Å². The molecular formula is C13H26N2OS. The Morgan fingerprint density at radius 1 is 1.41 bits per heavy atom. The van der Waals surface area contributed by atoms with Gasteiger partial charge in [0.05, 0.1) is 5.60 Å². The van der Waals surface area contributed by atoms with Gasteiger partial charge in [0.1, 0.15) is 0 Å². The highest BCUT2D eigenvalue weighted by molar-refractivity contribution is 7.80. The van der Waals surface area contributed by atoms with Crippen molar-refractivity contribution >= 4 is 17.3 Å². The molecule has 0 amide bonds. The molecule has 1 heterocycles. The molecule has 0 aromatic carbocycles. The zero-order valence-corrected chi connectivity index (χ0v) is 12.3. The van der Waals surface area contributed by atoms with Crippen molar-refractivity contribution in [2.24, 2.45) is 0 Å². The van der Waals surface area contributed by atoms with E-state index in [1.807, 2.05) is 0 Å². The van der Waals surface area contributed by atoms with Crippen LogP contribution < -0.4 is 10.6 Å². The second-order valence-electron chi connectivity index (χ2n) is 5.20. The molecule has 0 spiro atoms. The van der Waals surface area contributed by atoms with Gasteiger partial charge in [-0.1, -0.05) is 13.8 Å². The molecule has 2 N–H and O–H groups in total. The van der Waals surface area contributed by atoms with Crippen LogP contribution in [0.4, 0.5) is 0 Å². The fourth-order valence-corrected chi connectivity index (χ4v) is 2.79. The maximum Gasteiger partial charge on any atom is 0.166 e. The molecule has 0 aromatic heterocycles. The van der Waals surface area contributed by atoms with Gasteiger partial charge >= 0.3 is 0 Å². The zero-order valence-electron chi connectivity index (χ0n) is 11.5. The van der Waals surface area contributed by atoms with E-state index in [0.29, 0.717) is 12.1 Å². The first kappa shape index (κ1) is 14.7. The minimum atomic E-state index is 0.0589. The first-order chi connectivity index (χ1) is 8.01. The molecule has 17 heavy (non-hydrogen) atoms. The van der Waals surface area contributed by atoms with Crippen molar-refractivity contribution in [2.75, 3.05) is 6.61 Å². The Hall–Kier alpha value is -0.350. The molecule has 0 saturated carbocycles. The average molecular weight is 258 g/mol. The van der Waals surface area contributed by atoms with Crippen molar-refractivity contribution in [2.45, 2.75) is 71.1 Å². The van der Waals surface area contributed by atoms with E-state index >= 15 is 0 Å². The number of nitrogens with one attached hydrogen (secondary N) is 2. The summed E-state index contributed by atoms with van der Waals surface area (Å²) in [6.45, 7) is 9.44. The van der Waals surface area contributed by atoms with Crippen molar-refractivity contribution in [1.29, 1.82) is 0 Å². The summed E-state index contributed by atoms with van der Waals surface area (Å²) >= 11 is 5.30. The summed E-state index contributed by atoms with van der Waals surface area (Å²) in [5.74, 6) is 0. The Morgan fingerprint density at radius 3 is 2.59 bits per heavy atom. The molecule has 100 valence electrons. The quantitative estimate of drug-likeness (QED) is 0.760. The second kappa shape index (κ2) is 6.55. The van der Waals surface area contributed by atoms with Crippen LogP contribution in [0.5, 0.6) is 0 Å². The van der Waals surface area contributed by atoms with Gasteiger partial charge in [-0.15, -0.1) is 0 Å². The smallest absolute Gasteiger partial charge is 0.166 e. The zero-order chi connectivity index (χ0) is 12.9. The van der Waals surface area contributed by atoms with Crippen LogP contribution in [0.15, 0.2) is 0 Å². The normalized spacial score (nSPS) is 23.5. The number of rotatable bonds is 4. The molecule has 0 aliphatic carbocycles. The molecule has 1 aliphatic rings. The van der Waals surface area contributed by atoms with Gasteiger partial charge < -0.3 is 15.4 Å². The van der Waals surface area contributed by atoms with E-state index in [-0.39, 0.29) is 5.60 Å². The molecule has 1 saturated heterocycles. The first-order valence-electron chi connectivity index (χ1n) is 6.72. The molecule has 1 aliphatic heterocycles. The van der Waals surface area contributed by atoms with E-state index in [0.717, 1.165) is 37.4 Å². The van der Waals surface area contributed by atoms with Gasteiger partial charge in [-0.05, 0) is 51.7 Å². The van der Waals surface area contributed by atoms with E-state index in [2.05, 4.69) is 38.3 Å². The molecule has 0 bridgehead atoms. The highest BCUT2D eigenvalue weighted by atomic mass is 32.1. The van der Waals surface area contributed by atoms with Gasteiger partial charge in [-0.3, -0.25) is 0 Å². The Kier molecular flexibility index (Phi) is 5.67. The van der Waals surface area contributed by atoms with Crippen molar-refractivity contribution in [3.63, 3.8) is 0 Å². The van der Waals surface area contributed by atoms with E-state index in [1.54, 1.807) is 0 Å². The van der Waals surface area contributed by atoms with Crippen LogP contribution in [0, 0.1) is 0 Å². The second-order valence-corrected chi connectivity index (χ2v) is 5.61. The van der Waals surface area contributed by atoms with Gasteiger partial charge in [-0.25, -0.2) is 0 Å². The average Bonchev–Trinajstić information content (AvgIpc) is 2.28. The van der Waals surface area contributed by atoms with Crippen molar-refractivity contribution in [3.8, 4) is 0 Å². The van der Waals surface area contributed by atoms with E-state index in [4.69, 9.17) is 17.0 Å². The lowest BCUT2D eigenvalue weighted by Gasteiger charge is -2.40. The minimum Gasteiger partial charge on any atom is -0.375 e. The molecule has 1 fully saturated rings. The van der Waals surface area contributed by atoms with Gasteiger partial charge in [0, 0.05) is 18.7 Å². The molecule has 1 unspecified atom stereocenters. The third kappa shape index (κ3) is 4.43. The first-order valence-corrected chi connectivity index (χ1v) is 7.13. The van der Waals surface area contributed by atoms with Crippen LogP contribution in [-0.2, 0) is 4.74 Å². The van der Waals surface area contributed by atoms with Crippen molar-refractivity contribution in [1.82, 2.24) is 10.6 Å². The summed E-state index contributed by atoms with van der Waals surface area (Å²) in [6.07, 6.45) is 4.25. The number of thiocarbonyl (C=S) groups is 1. The Morgan fingerprint density at radius 2 is 2.06 bits per heavy atom. The molecule has 0 radical (unpaired) electrons. The molecule has 3 nitrogen and oxygen atoms in total. The highest BCUT2D eigenvalue weighted by Crippen LogP contribution is 2.31. The minimum absolute atomic E-state index is 0.0589. The number of ether oxygens (including phenoxy) is 1. The largest absolute Gasteiger partial charge is 0.375 e. The lowest BCUT2D eigenvalue weighted by atomic mass is 9.86. The fraction of sp³-hybridized carbons (Fsp3) is 0.923. The number of hydrogen-bond acceptors (Lipinski definition) is 2. The highest BCUT2D eigenvalue weighted by Gasteiger charge is 2.34. The Labute approximate surface area is 111 Å². The summed E-state index contributed by atoms with van der Waals surface area (Å²) in [5.41, 5.74) is 0.0589.